The first kappa shape index (κ1) is 18.6. The summed E-state index contributed by atoms with van der Waals surface area (Å²) in [4.78, 5) is 2.04. The van der Waals surface area contributed by atoms with Crippen LogP contribution in [0.3, 0.4) is 0 Å². The fourth-order valence-corrected chi connectivity index (χ4v) is 6.37. The molecular weight excluding hydrogens is 430 g/mol. The highest BCUT2D eigenvalue weighted by molar-refractivity contribution is 7.14. The summed E-state index contributed by atoms with van der Waals surface area (Å²) >= 11 is 3.20. The molecule has 3 nitrogen and oxygen atoms in total. The molecular formula is C27H11N3S2. The van der Waals surface area contributed by atoms with Crippen LogP contribution in [0.15, 0.2) is 65.4 Å². The van der Waals surface area contributed by atoms with Crippen LogP contribution in [0, 0.1) is 34.0 Å². The molecule has 0 N–H and O–H groups in total. The van der Waals surface area contributed by atoms with Crippen molar-refractivity contribution in [2.45, 2.75) is 0 Å². The minimum Gasteiger partial charge on any atom is -0.192 e. The van der Waals surface area contributed by atoms with Crippen molar-refractivity contribution in [2.24, 2.45) is 0 Å². The van der Waals surface area contributed by atoms with Crippen LogP contribution in [0.2, 0.25) is 0 Å². The molecule has 0 fully saturated rings. The summed E-state index contributed by atoms with van der Waals surface area (Å²) in [6, 6.07) is 24.6. The minimum atomic E-state index is 0.119. The summed E-state index contributed by atoms with van der Waals surface area (Å²) in [7, 11) is 0. The van der Waals surface area contributed by atoms with Crippen LogP contribution >= 0.6 is 22.7 Å². The van der Waals surface area contributed by atoms with E-state index in [4.69, 9.17) is 0 Å². The van der Waals surface area contributed by atoms with Gasteiger partial charge < -0.3 is 0 Å². The molecule has 2 aliphatic rings. The Morgan fingerprint density at radius 2 is 1.22 bits per heavy atom. The smallest absolute Gasteiger partial charge is 0.138 e. The molecule has 0 saturated heterocycles. The second-order valence-corrected chi connectivity index (χ2v) is 9.32. The van der Waals surface area contributed by atoms with E-state index in [1.54, 1.807) is 22.7 Å². The van der Waals surface area contributed by atoms with Gasteiger partial charge in [-0.1, -0.05) is 36.4 Å². The van der Waals surface area contributed by atoms with Gasteiger partial charge in [0.05, 0.1) is 11.6 Å². The van der Waals surface area contributed by atoms with E-state index >= 15 is 0 Å². The zero-order valence-electron chi connectivity index (χ0n) is 16.5. The van der Waals surface area contributed by atoms with Gasteiger partial charge in [-0.05, 0) is 45.1 Å². The average Bonchev–Trinajstić information content (AvgIpc) is 3.61. The van der Waals surface area contributed by atoms with Crippen molar-refractivity contribution in [3.63, 3.8) is 0 Å². The van der Waals surface area contributed by atoms with E-state index in [2.05, 4.69) is 24.3 Å². The van der Waals surface area contributed by atoms with Crippen LogP contribution in [0.4, 0.5) is 0 Å². The van der Waals surface area contributed by atoms with Crippen LogP contribution < -0.4 is 5.22 Å². The van der Waals surface area contributed by atoms with Crippen molar-refractivity contribution >= 4 is 49.8 Å². The molecule has 0 spiro atoms. The van der Waals surface area contributed by atoms with Gasteiger partial charge in [0.2, 0.25) is 0 Å². The molecule has 0 bridgehead atoms. The Kier molecular flexibility index (Phi) is 4.00. The number of hydrogen-bond donors (Lipinski definition) is 0. The fourth-order valence-electron chi connectivity index (χ4n) is 4.81. The Hall–Kier alpha value is -4.21. The first-order chi connectivity index (χ1) is 15.8. The highest BCUT2D eigenvalue weighted by Crippen LogP contribution is 2.52. The van der Waals surface area contributed by atoms with Crippen molar-refractivity contribution in [1.82, 2.24) is 0 Å². The van der Waals surface area contributed by atoms with Crippen molar-refractivity contribution in [2.75, 3.05) is 0 Å². The number of nitriles is 3. The molecule has 2 aromatic carbocycles. The molecule has 2 aromatic heterocycles. The maximum atomic E-state index is 9.89. The molecule has 0 atom stereocenters. The van der Waals surface area contributed by atoms with Gasteiger partial charge in [0.15, 0.2) is 0 Å². The Morgan fingerprint density at radius 1 is 0.625 bits per heavy atom. The SMILES string of the molecule is N#CC(C#N)=c1c(-c2cccs2)c2c3cccc4c(C#N)ccc(c-2c1-c1cccs1)c43. The largest absolute Gasteiger partial charge is 0.192 e. The van der Waals surface area contributed by atoms with Crippen LogP contribution in [0.5, 0.6) is 0 Å². The van der Waals surface area contributed by atoms with E-state index in [1.807, 2.05) is 59.3 Å². The summed E-state index contributed by atoms with van der Waals surface area (Å²) < 4.78 is 0. The number of fused-ring (bicyclic) bond motifs is 3. The molecule has 0 aliphatic heterocycles. The van der Waals surface area contributed by atoms with Gasteiger partial charge in [0, 0.05) is 42.6 Å². The van der Waals surface area contributed by atoms with E-state index < -0.39 is 0 Å². The summed E-state index contributed by atoms with van der Waals surface area (Å²) in [5.74, 6) is 0. The van der Waals surface area contributed by atoms with E-state index in [0.717, 1.165) is 53.6 Å². The summed E-state index contributed by atoms with van der Waals surface area (Å²) in [5.41, 5.74) is 4.72. The van der Waals surface area contributed by atoms with Crippen LogP contribution in [-0.2, 0) is 0 Å². The van der Waals surface area contributed by atoms with Crippen molar-refractivity contribution in [3.05, 3.63) is 76.1 Å². The van der Waals surface area contributed by atoms with E-state index in [0.29, 0.717) is 10.8 Å². The molecule has 0 radical (unpaired) electrons. The van der Waals surface area contributed by atoms with Crippen LogP contribution in [0.1, 0.15) is 5.56 Å². The topological polar surface area (TPSA) is 71.4 Å². The third-order valence-corrected chi connectivity index (χ3v) is 7.73. The molecule has 2 aliphatic carbocycles. The van der Waals surface area contributed by atoms with Gasteiger partial charge in [0.1, 0.15) is 17.7 Å². The lowest BCUT2D eigenvalue weighted by Gasteiger charge is -2.03. The molecule has 0 unspecified atom stereocenters. The molecule has 6 rings (SSSR count). The predicted molar refractivity (Wildman–Crippen MR) is 130 cm³/mol. The normalized spacial score (nSPS) is 11.0. The Morgan fingerprint density at radius 3 is 1.75 bits per heavy atom. The first-order valence-electron chi connectivity index (χ1n) is 9.87. The zero-order chi connectivity index (χ0) is 21.8. The molecule has 32 heavy (non-hydrogen) atoms. The third kappa shape index (κ3) is 2.31. The summed E-state index contributed by atoms with van der Waals surface area (Å²) in [6.07, 6.45) is 0. The van der Waals surface area contributed by atoms with Gasteiger partial charge in [-0.25, -0.2) is 0 Å². The van der Waals surface area contributed by atoms with Gasteiger partial charge in [-0.15, -0.1) is 22.7 Å². The lowest BCUT2D eigenvalue weighted by Crippen LogP contribution is -2.07. The van der Waals surface area contributed by atoms with Crippen molar-refractivity contribution < 1.29 is 0 Å². The van der Waals surface area contributed by atoms with Crippen LogP contribution in [-0.4, -0.2) is 0 Å². The number of hydrogen-bond acceptors (Lipinski definition) is 5. The molecule has 0 saturated carbocycles. The maximum absolute atomic E-state index is 9.89. The predicted octanol–water partition coefficient (Wildman–Crippen LogP) is 6.78. The van der Waals surface area contributed by atoms with E-state index in [-0.39, 0.29) is 5.57 Å². The molecule has 146 valence electrons. The lowest BCUT2D eigenvalue weighted by atomic mass is 9.99. The Balaban J connectivity index is 2.00. The van der Waals surface area contributed by atoms with Crippen LogP contribution in [0.25, 0.3) is 59.1 Å². The standard InChI is InChI=1S/C27H11N3S2/c28-12-15-8-9-19-23-17(15)4-1-5-18(23)24-25(19)27(21-7-3-11-32-21)22(16(13-29)14-30)26(24)20-6-2-10-31-20/h1-11H. The highest BCUT2D eigenvalue weighted by atomic mass is 32.1. The quantitative estimate of drug-likeness (QED) is 0.297. The van der Waals surface area contributed by atoms with E-state index in [9.17, 15) is 15.8 Å². The second kappa shape index (κ2) is 6.91. The second-order valence-electron chi connectivity index (χ2n) is 7.43. The molecule has 0 amide bonds. The lowest BCUT2D eigenvalue weighted by molar-refractivity contribution is 1.50. The number of nitrogens with zero attached hydrogens (tertiary/aromatic N) is 3. The van der Waals surface area contributed by atoms with Gasteiger partial charge in [-0.2, -0.15) is 15.8 Å². The highest BCUT2D eigenvalue weighted by Gasteiger charge is 2.31. The van der Waals surface area contributed by atoms with E-state index in [1.165, 1.54) is 0 Å². The first-order valence-corrected chi connectivity index (χ1v) is 11.6. The molecule has 4 aromatic rings. The summed E-state index contributed by atoms with van der Waals surface area (Å²) in [6.45, 7) is 0. The summed E-state index contributed by atoms with van der Waals surface area (Å²) in [5, 5.41) is 38.3. The Bertz CT molecular complexity index is 1700. The van der Waals surface area contributed by atoms with Gasteiger partial charge in [0.25, 0.3) is 0 Å². The number of thiophene rings is 2. The maximum Gasteiger partial charge on any atom is 0.138 e. The van der Waals surface area contributed by atoms with Crippen molar-refractivity contribution in [3.8, 4) is 50.2 Å². The average molecular weight is 442 g/mol. The molecule has 2 heterocycles. The van der Waals surface area contributed by atoms with Gasteiger partial charge >= 0.3 is 0 Å². The van der Waals surface area contributed by atoms with Gasteiger partial charge in [-0.3, -0.25) is 0 Å². The van der Waals surface area contributed by atoms with Crippen molar-refractivity contribution in [1.29, 1.82) is 15.8 Å². The minimum absolute atomic E-state index is 0.119. The monoisotopic (exact) mass is 441 g/mol. The molecule has 5 heteroatoms. The Labute approximate surface area is 191 Å². The fraction of sp³-hybridized carbons (Fsp3) is 0. The number of benzene rings is 2. The third-order valence-electron chi connectivity index (χ3n) is 5.96. The zero-order valence-corrected chi connectivity index (χ0v) is 18.1. The number of rotatable bonds is 2.